The van der Waals surface area contributed by atoms with Crippen molar-refractivity contribution in [1.82, 2.24) is 14.8 Å². The number of benzene rings is 1. The summed E-state index contributed by atoms with van der Waals surface area (Å²) in [5.41, 5.74) is 3.38. The molecule has 0 aliphatic heterocycles. The summed E-state index contributed by atoms with van der Waals surface area (Å²) in [5.74, 6) is 0.981. The summed E-state index contributed by atoms with van der Waals surface area (Å²) in [6, 6.07) is 13.3. The van der Waals surface area contributed by atoms with Crippen molar-refractivity contribution in [1.29, 1.82) is 0 Å². The number of ether oxygens (including phenoxy) is 2. The summed E-state index contributed by atoms with van der Waals surface area (Å²) in [6.45, 7) is 4.82. The minimum atomic E-state index is -0.516. The summed E-state index contributed by atoms with van der Waals surface area (Å²) in [5, 5.41) is 4.74. The smallest absolute Gasteiger partial charge is 0.343 e. The average molecular weight is 531 g/mol. The van der Waals surface area contributed by atoms with Crippen LogP contribution in [0.25, 0.3) is 28.1 Å². The summed E-state index contributed by atoms with van der Waals surface area (Å²) in [6.07, 6.45) is 7.05. The molecule has 39 heavy (non-hydrogen) atoms. The Hall–Kier alpha value is -3.98. The van der Waals surface area contributed by atoms with E-state index in [9.17, 15) is 9.59 Å². The first kappa shape index (κ1) is 26.6. The van der Waals surface area contributed by atoms with Gasteiger partial charge in [-0.25, -0.2) is 9.48 Å². The number of fused-ring (bicyclic) bond motifs is 1. The van der Waals surface area contributed by atoms with Crippen molar-refractivity contribution in [3.63, 3.8) is 0 Å². The minimum Gasteiger partial charge on any atom is -0.462 e. The molecule has 0 saturated heterocycles. The molecular weight excluding hydrogens is 496 g/mol. The quantitative estimate of drug-likeness (QED) is 0.257. The third-order valence-corrected chi connectivity index (χ3v) is 7.30. The van der Waals surface area contributed by atoms with Gasteiger partial charge in [0, 0.05) is 37.1 Å². The highest BCUT2D eigenvalue weighted by Gasteiger charge is 2.33. The molecule has 9 nitrogen and oxygen atoms in total. The van der Waals surface area contributed by atoms with Gasteiger partial charge in [-0.15, -0.1) is 5.10 Å². The molecule has 0 spiro atoms. The van der Waals surface area contributed by atoms with Crippen LogP contribution in [0.5, 0.6) is 0 Å². The lowest BCUT2D eigenvalue weighted by Gasteiger charge is -2.30. The highest BCUT2D eigenvalue weighted by atomic mass is 16.5. The molecular formula is C30H34N4O5. The highest BCUT2D eigenvalue weighted by Crippen LogP contribution is 2.32. The maximum Gasteiger partial charge on any atom is 0.343 e. The number of pyridine rings is 1. The number of esters is 1. The zero-order valence-corrected chi connectivity index (χ0v) is 22.6. The van der Waals surface area contributed by atoms with E-state index in [0.29, 0.717) is 30.6 Å². The minimum absolute atomic E-state index is 0.0245. The van der Waals surface area contributed by atoms with Crippen molar-refractivity contribution in [2.45, 2.75) is 39.5 Å². The van der Waals surface area contributed by atoms with Gasteiger partial charge in [-0.3, -0.25) is 14.7 Å². The first-order valence-corrected chi connectivity index (χ1v) is 13.5. The van der Waals surface area contributed by atoms with Crippen LogP contribution >= 0.6 is 0 Å². The predicted octanol–water partition coefficient (Wildman–Crippen LogP) is 5.66. The molecule has 1 aliphatic rings. The number of hydrogen-bond donors (Lipinski definition) is 0. The summed E-state index contributed by atoms with van der Waals surface area (Å²) >= 11 is 0. The first-order valence-electron chi connectivity index (χ1n) is 13.5. The van der Waals surface area contributed by atoms with Gasteiger partial charge in [0.1, 0.15) is 16.8 Å². The Morgan fingerprint density at radius 2 is 1.90 bits per heavy atom. The fourth-order valence-electron chi connectivity index (χ4n) is 5.07. The second-order valence-electron chi connectivity index (χ2n) is 10.0. The lowest BCUT2D eigenvalue weighted by Crippen LogP contribution is -2.40. The molecule has 1 aliphatic carbocycles. The van der Waals surface area contributed by atoms with E-state index >= 15 is 0 Å². The van der Waals surface area contributed by atoms with E-state index in [0.717, 1.165) is 48.0 Å². The number of nitrogens with zero attached hydrogens (tertiary/aromatic N) is 4. The van der Waals surface area contributed by atoms with Gasteiger partial charge < -0.3 is 13.9 Å². The normalized spacial score (nSPS) is 17.3. The van der Waals surface area contributed by atoms with Crippen molar-refractivity contribution in [2.24, 2.45) is 11.8 Å². The molecule has 9 heteroatoms. The first-order chi connectivity index (χ1) is 19.0. The largest absolute Gasteiger partial charge is 0.462 e. The van der Waals surface area contributed by atoms with Crippen LogP contribution in [0.4, 0.5) is 5.82 Å². The van der Waals surface area contributed by atoms with Gasteiger partial charge in [-0.2, -0.15) is 0 Å². The molecule has 3 heterocycles. The summed E-state index contributed by atoms with van der Waals surface area (Å²) in [4.78, 5) is 32.6. The number of amides is 1. The van der Waals surface area contributed by atoms with E-state index < -0.39 is 5.97 Å². The summed E-state index contributed by atoms with van der Waals surface area (Å²) in [7, 11) is 1.59. The summed E-state index contributed by atoms with van der Waals surface area (Å²) < 4.78 is 18.2. The van der Waals surface area contributed by atoms with Crippen LogP contribution in [0.15, 0.2) is 59.3 Å². The monoisotopic (exact) mass is 530 g/mol. The van der Waals surface area contributed by atoms with Crippen LogP contribution in [0.3, 0.4) is 0 Å². The van der Waals surface area contributed by atoms with E-state index in [-0.39, 0.29) is 24.0 Å². The highest BCUT2D eigenvalue weighted by molar-refractivity contribution is 6.02. The van der Waals surface area contributed by atoms with Gasteiger partial charge in [0.15, 0.2) is 11.4 Å². The Morgan fingerprint density at radius 3 is 2.59 bits per heavy atom. The van der Waals surface area contributed by atoms with E-state index in [1.165, 1.54) is 0 Å². The van der Waals surface area contributed by atoms with Crippen LogP contribution in [0.1, 0.15) is 49.9 Å². The molecule has 0 radical (unpaired) electrons. The van der Waals surface area contributed by atoms with Crippen molar-refractivity contribution < 1.29 is 23.5 Å². The third kappa shape index (κ3) is 5.73. The van der Waals surface area contributed by atoms with Crippen molar-refractivity contribution in [3.05, 3.63) is 60.4 Å². The van der Waals surface area contributed by atoms with Gasteiger partial charge in [0.2, 0.25) is 5.91 Å². The molecule has 0 atom stereocenters. The number of aromatic nitrogens is 3. The Morgan fingerprint density at radius 1 is 1.13 bits per heavy atom. The van der Waals surface area contributed by atoms with Crippen molar-refractivity contribution >= 4 is 28.8 Å². The van der Waals surface area contributed by atoms with Gasteiger partial charge in [-0.05, 0) is 74.9 Å². The molecule has 0 N–H and O–H groups in total. The topological polar surface area (TPSA) is 99.7 Å². The fourth-order valence-corrected chi connectivity index (χ4v) is 5.07. The van der Waals surface area contributed by atoms with Gasteiger partial charge in [0.05, 0.1) is 25.4 Å². The number of rotatable bonds is 9. The second kappa shape index (κ2) is 11.8. The lowest BCUT2D eigenvalue weighted by molar-refractivity contribution is -0.123. The van der Waals surface area contributed by atoms with Crippen molar-refractivity contribution in [3.8, 4) is 17.0 Å². The van der Waals surface area contributed by atoms with Crippen LogP contribution in [-0.2, 0) is 14.3 Å². The lowest BCUT2D eigenvalue weighted by atomic mass is 9.82. The molecule has 1 fully saturated rings. The predicted molar refractivity (Wildman–Crippen MR) is 148 cm³/mol. The standard InChI is InChI=1S/C30H34N4O5/c1-4-38-30(36)24-19-34(23-13-11-21(12-14-23)27-18-25-26(39-27)6-5-15-31-25)32-28(24)33(16-17-37-3)29(35)22-9-7-20(2)8-10-22/h5-6,11-15,18-20,22H,4,7-10,16-17H2,1-3H3/t20-,22-. The Kier molecular flexibility index (Phi) is 8.07. The number of hydrogen-bond acceptors (Lipinski definition) is 7. The van der Waals surface area contributed by atoms with Gasteiger partial charge >= 0.3 is 5.97 Å². The molecule has 0 unspecified atom stereocenters. The maximum atomic E-state index is 13.7. The molecule has 3 aromatic heterocycles. The molecule has 204 valence electrons. The number of carbonyl (C=O) groups is 2. The van der Waals surface area contributed by atoms with Crippen molar-refractivity contribution in [2.75, 3.05) is 31.8 Å². The fraction of sp³-hybridized carbons (Fsp3) is 0.400. The van der Waals surface area contributed by atoms with Gasteiger partial charge in [0.25, 0.3) is 0 Å². The average Bonchev–Trinajstić information content (AvgIpc) is 3.59. The van der Waals surface area contributed by atoms with E-state index in [1.807, 2.05) is 42.5 Å². The Balaban J connectivity index is 1.48. The van der Waals surface area contributed by atoms with Gasteiger partial charge in [-0.1, -0.05) is 6.92 Å². The van der Waals surface area contributed by atoms with Crippen LogP contribution in [-0.4, -0.2) is 53.5 Å². The third-order valence-electron chi connectivity index (χ3n) is 7.30. The maximum absolute atomic E-state index is 13.7. The molecule has 1 aromatic carbocycles. The zero-order valence-electron chi connectivity index (χ0n) is 22.6. The van der Waals surface area contributed by atoms with Crippen LogP contribution < -0.4 is 4.90 Å². The Bertz CT molecular complexity index is 1400. The zero-order chi connectivity index (χ0) is 27.4. The molecule has 0 bridgehead atoms. The molecule has 4 aromatic rings. The molecule has 1 amide bonds. The van der Waals surface area contributed by atoms with Crippen LogP contribution in [0.2, 0.25) is 0 Å². The van der Waals surface area contributed by atoms with E-state index in [1.54, 1.807) is 36.0 Å². The SMILES string of the molecule is CCOC(=O)c1cn(-c2ccc(-c3cc4ncccc4o3)cc2)nc1N(CCOC)C(=O)[C@H]1CC[C@H](C)CC1. The van der Waals surface area contributed by atoms with E-state index in [2.05, 4.69) is 11.9 Å². The number of anilines is 1. The molecule has 1 saturated carbocycles. The van der Waals surface area contributed by atoms with Crippen LogP contribution in [0, 0.1) is 11.8 Å². The number of carbonyl (C=O) groups excluding carboxylic acids is 2. The number of methoxy groups -OCH3 is 1. The Labute approximate surface area is 227 Å². The van der Waals surface area contributed by atoms with E-state index in [4.69, 9.17) is 19.0 Å². The number of furan rings is 1. The molecule has 5 rings (SSSR count). The second-order valence-corrected chi connectivity index (χ2v) is 10.0.